The maximum atomic E-state index is 11.0. The maximum absolute atomic E-state index is 11.0. The van der Waals surface area contributed by atoms with E-state index < -0.39 is 18.5 Å². The van der Waals surface area contributed by atoms with Crippen LogP contribution in [0.1, 0.15) is 5.56 Å². The Bertz CT molecular complexity index is 440. The minimum Gasteiger partial charge on any atom is -0.479 e. The van der Waals surface area contributed by atoms with Crippen LogP contribution in [0.15, 0.2) is 18.2 Å². The number of carboxylic acid groups (broad SMARTS) is 1. The van der Waals surface area contributed by atoms with E-state index in [1.54, 1.807) is 18.2 Å². The third-order valence-corrected chi connectivity index (χ3v) is 2.02. The Morgan fingerprint density at radius 3 is 2.44 bits per heavy atom. The summed E-state index contributed by atoms with van der Waals surface area (Å²) in [4.78, 5) is 21.4. The smallest absolute Gasteiger partial charge is 0.343 e. The summed E-state index contributed by atoms with van der Waals surface area (Å²) in [6.45, 7) is 1.10. The van der Waals surface area contributed by atoms with Gasteiger partial charge in [-0.2, -0.15) is 0 Å². The molecule has 0 atom stereocenters. The van der Waals surface area contributed by atoms with Crippen LogP contribution in [0.25, 0.3) is 0 Å². The van der Waals surface area contributed by atoms with Crippen molar-refractivity contribution in [3.05, 3.63) is 23.8 Å². The average molecular weight is 254 g/mol. The number of hydrogen-bond acceptors (Lipinski definition) is 5. The number of esters is 1. The van der Waals surface area contributed by atoms with Crippen LogP contribution in [0, 0.1) is 6.92 Å². The Morgan fingerprint density at radius 1 is 1.17 bits per heavy atom. The second-order valence-corrected chi connectivity index (χ2v) is 3.50. The summed E-state index contributed by atoms with van der Waals surface area (Å²) < 4.78 is 14.7. The van der Waals surface area contributed by atoms with Crippen molar-refractivity contribution < 1.29 is 28.9 Å². The zero-order chi connectivity index (χ0) is 13.5. The Kier molecular flexibility index (Phi) is 4.98. The number of rotatable bonds is 6. The molecule has 0 unspecified atom stereocenters. The molecule has 0 saturated heterocycles. The van der Waals surface area contributed by atoms with E-state index in [0.29, 0.717) is 5.75 Å². The van der Waals surface area contributed by atoms with Crippen molar-refractivity contribution in [1.29, 1.82) is 0 Å². The van der Waals surface area contributed by atoms with Crippen LogP contribution in [0.2, 0.25) is 0 Å². The molecule has 0 heterocycles. The highest BCUT2D eigenvalue weighted by Gasteiger charge is 2.10. The van der Waals surface area contributed by atoms with Crippen LogP contribution in [0.4, 0.5) is 0 Å². The fourth-order valence-electron chi connectivity index (χ4n) is 1.18. The zero-order valence-electron chi connectivity index (χ0n) is 10.1. The van der Waals surface area contributed by atoms with E-state index in [-0.39, 0.29) is 12.4 Å². The van der Waals surface area contributed by atoms with Crippen LogP contribution < -0.4 is 9.47 Å². The molecule has 0 amide bonds. The van der Waals surface area contributed by atoms with Gasteiger partial charge in [0.1, 0.15) is 0 Å². The number of carboxylic acids is 1. The summed E-state index contributed by atoms with van der Waals surface area (Å²) in [7, 11) is 1.25. The number of benzene rings is 1. The predicted octanol–water partition coefficient (Wildman–Crippen LogP) is 1.01. The molecule has 1 aromatic rings. The molecular weight excluding hydrogens is 240 g/mol. The second-order valence-electron chi connectivity index (χ2n) is 3.50. The Morgan fingerprint density at radius 2 is 1.83 bits per heavy atom. The molecule has 0 saturated carbocycles. The minimum atomic E-state index is -1.09. The highest BCUT2D eigenvalue weighted by molar-refractivity contribution is 5.71. The number of methoxy groups -OCH3 is 1. The van der Waals surface area contributed by atoms with E-state index in [1.165, 1.54) is 7.11 Å². The molecule has 98 valence electrons. The summed E-state index contributed by atoms with van der Waals surface area (Å²) >= 11 is 0. The fraction of sp³-hybridized carbons (Fsp3) is 0.333. The summed E-state index contributed by atoms with van der Waals surface area (Å²) in [5, 5.41) is 8.54. The minimum absolute atomic E-state index is 0.261. The van der Waals surface area contributed by atoms with Crippen LogP contribution in [-0.4, -0.2) is 37.4 Å². The standard InChI is InChI=1S/C12H14O6/c1-8-3-4-9(17-6-11(13)14)10(5-8)18-7-12(15)16-2/h3-5H,6-7H2,1-2H3,(H,13,14). The Hall–Kier alpha value is -2.24. The van der Waals surface area contributed by atoms with Crippen molar-refractivity contribution in [3.63, 3.8) is 0 Å². The first-order valence-corrected chi connectivity index (χ1v) is 5.17. The van der Waals surface area contributed by atoms with E-state index in [9.17, 15) is 9.59 Å². The van der Waals surface area contributed by atoms with Gasteiger partial charge in [0.2, 0.25) is 0 Å². The molecular formula is C12H14O6. The predicted molar refractivity (Wildman–Crippen MR) is 61.8 cm³/mol. The monoisotopic (exact) mass is 254 g/mol. The number of hydrogen-bond donors (Lipinski definition) is 1. The van der Waals surface area contributed by atoms with Gasteiger partial charge in [-0.1, -0.05) is 6.07 Å². The SMILES string of the molecule is COC(=O)COc1cc(C)ccc1OCC(=O)O. The van der Waals surface area contributed by atoms with Crippen LogP contribution in [0.5, 0.6) is 11.5 Å². The van der Waals surface area contributed by atoms with Gasteiger partial charge in [-0.3, -0.25) is 0 Å². The first-order valence-electron chi connectivity index (χ1n) is 5.17. The van der Waals surface area contributed by atoms with E-state index in [1.807, 2.05) is 6.92 Å². The van der Waals surface area contributed by atoms with Gasteiger partial charge in [0, 0.05) is 0 Å². The van der Waals surface area contributed by atoms with Crippen LogP contribution in [-0.2, 0) is 14.3 Å². The summed E-state index contributed by atoms with van der Waals surface area (Å²) in [6, 6.07) is 4.99. The fourth-order valence-corrected chi connectivity index (χ4v) is 1.18. The van der Waals surface area contributed by atoms with Crippen molar-refractivity contribution in [3.8, 4) is 11.5 Å². The lowest BCUT2D eigenvalue weighted by atomic mass is 10.2. The van der Waals surface area contributed by atoms with Crippen molar-refractivity contribution in [2.75, 3.05) is 20.3 Å². The summed E-state index contributed by atoms with van der Waals surface area (Å²) in [6.07, 6.45) is 0. The zero-order valence-corrected chi connectivity index (χ0v) is 10.1. The van der Waals surface area contributed by atoms with E-state index in [0.717, 1.165) is 5.56 Å². The van der Waals surface area contributed by atoms with Gasteiger partial charge in [-0.25, -0.2) is 9.59 Å². The van der Waals surface area contributed by atoms with E-state index in [2.05, 4.69) is 4.74 Å². The molecule has 18 heavy (non-hydrogen) atoms. The summed E-state index contributed by atoms with van der Waals surface area (Å²) in [5.41, 5.74) is 0.901. The second kappa shape index (κ2) is 6.48. The van der Waals surface area contributed by atoms with Gasteiger partial charge in [0.25, 0.3) is 0 Å². The van der Waals surface area contributed by atoms with Gasteiger partial charge in [-0.15, -0.1) is 0 Å². The normalized spacial score (nSPS) is 9.67. The molecule has 6 heteroatoms. The molecule has 0 radical (unpaired) electrons. The highest BCUT2D eigenvalue weighted by atomic mass is 16.6. The van der Waals surface area contributed by atoms with Crippen LogP contribution in [0.3, 0.4) is 0 Å². The third-order valence-electron chi connectivity index (χ3n) is 2.02. The van der Waals surface area contributed by atoms with Gasteiger partial charge in [-0.05, 0) is 24.6 Å². The average Bonchev–Trinajstić information content (AvgIpc) is 2.34. The van der Waals surface area contributed by atoms with Gasteiger partial charge in [0.15, 0.2) is 24.7 Å². The van der Waals surface area contributed by atoms with Crippen LogP contribution >= 0.6 is 0 Å². The molecule has 1 N–H and O–H groups in total. The highest BCUT2D eigenvalue weighted by Crippen LogP contribution is 2.28. The lowest BCUT2D eigenvalue weighted by Gasteiger charge is -2.11. The molecule has 0 bridgehead atoms. The number of ether oxygens (including phenoxy) is 3. The molecule has 0 aliphatic rings. The van der Waals surface area contributed by atoms with E-state index in [4.69, 9.17) is 14.6 Å². The topological polar surface area (TPSA) is 82.1 Å². The lowest BCUT2D eigenvalue weighted by molar-refractivity contribution is -0.143. The maximum Gasteiger partial charge on any atom is 0.343 e. The van der Waals surface area contributed by atoms with Crippen molar-refractivity contribution in [2.45, 2.75) is 6.92 Å². The molecule has 0 aliphatic carbocycles. The first-order chi connectivity index (χ1) is 8.52. The van der Waals surface area contributed by atoms with Gasteiger partial charge >= 0.3 is 11.9 Å². The van der Waals surface area contributed by atoms with Crippen molar-refractivity contribution in [1.82, 2.24) is 0 Å². The van der Waals surface area contributed by atoms with Gasteiger partial charge < -0.3 is 19.3 Å². The first kappa shape index (κ1) is 13.8. The van der Waals surface area contributed by atoms with Crippen molar-refractivity contribution >= 4 is 11.9 Å². The van der Waals surface area contributed by atoms with E-state index >= 15 is 0 Å². The molecule has 6 nitrogen and oxygen atoms in total. The number of carbonyl (C=O) groups excluding carboxylic acids is 1. The largest absolute Gasteiger partial charge is 0.479 e. The molecule has 0 aromatic heterocycles. The lowest BCUT2D eigenvalue weighted by Crippen LogP contribution is -2.14. The molecule has 0 spiro atoms. The Labute approximate surface area is 104 Å². The molecule has 1 aromatic carbocycles. The molecule has 0 fully saturated rings. The van der Waals surface area contributed by atoms with Gasteiger partial charge in [0.05, 0.1) is 7.11 Å². The number of aryl methyl sites for hydroxylation is 1. The number of carbonyl (C=O) groups is 2. The third kappa shape index (κ3) is 4.32. The van der Waals surface area contributed by atoms with Crippen molar-refractivity contribution in [2.24, 2.45) is 0 Å². The quantitative estimate of drug-likeness (QED) is 0.763. The summed E-state index contributed by atoms with van der Waals surface area (Å²) in [5.74, 6) is -1.04. The number of aliphatic carboxylic acids is 1. The molecule has 1 rings (SSSR count). The molecule has 0 aliphatic heterocycles. The Balaban J connectivity index is 2.76.